The van der Waals surface area contributed by atoms with Crippen molar-refractivity contribution in [2.75, 3.05) is 5.32 Å². The fourth-order valence-electron chi connectivity index (χ4n) is 2.24. The monoisotopic (exact) mass is 305 g/mol. The molecule has 0 saturated carbocycles. The van der Waals surface area contributed by atoms with Crippen molar-refractivity contribution in [2.45, 2.75) is 0 Å². The summed E-state index contributed by atoms with van der Waals surface area (Å²) in [5.41, 5.74) is 2.46. The fourth-order valence-corrected chi connectivity index (χ4v) is 2.24. The van der Waals surface area contributed by atoms with E-state index in [0.29, 0.717) is 11.4 Å². The summed E-state index contributed by atoms with van der Waals surface area (Å²) in [5.74, 6) is -0.275. The number of carbonyl (C=O) groups excluding carboxylic acids is 1. The molecule has 8 heteroatoms. The van der Waals surface area contributed by atoms with E-state index in [1.807, 2.05) is 36.5 Å². The second kappa shape index (κ2) is 5.34. The maximum Gasteiger partial charge on any atom is 0.275 e. The molecule has 1 N–H and O–H groups in total. The number of tetrazole rings is 1. The van der Waals surface area contributed by atoms with E-state index in [0.717, 1.165) is 11.3 Å². The van der Waals surface area contributed by atoms with Crippen LogP contribution in [0, 0.1) is 0 Å². The van der Waals surface area contributed by atoms with Crippen molar-refractivity contribution < 1.29 is 4.79 Å². The molecule has 0 unspecified atom stereocenters. The van der Waals surface area contributed by atoms with Gasteiger partial charge in [-0.05, 0) is 40.8 Å². The van der Waals surface area contributed by atoms with Crippen LogP contribution in [0.4, 0.5) is 5.69 Å². The number of nitrogens with zero attached hydrogens (tertiary/aromatic N) is 6. The first-order valence-electron chi connectivity index (χ1n) is 6.88. The molecule has 8 nitrogen and oxygen atoms in total. The van der Waals surface area contributed by atoms with Gasteiger partial charge < -0.3 is 9.72 Å². The number of nitrogens with one attached hydrogen (secondary N) is 1. The molecule has 0 spiro atoms. The van der Waals surface area contributed by atoms with Gasteiger partial charge in [0.15, 0.2) is 0 Å². The van der Waals surface area contributed by atoms with Crippen molar-refractivity contribution in [3.8, 4) is 5.69 Å². The molecule has 0 bridgehead atoms. The zero-order valence-corrected chi connectivity index (χ0v) is 11.9. The molecule has 4 aromatic rings. The van der Waals surface area contributed by atoms with Crippen molar-refractivity contribution in [3.05, 3.63) is 66.9 Å². The molecule has 3 aromatic heterocycles. The van der Waals surface area contributed by atoms with Gasteiger partial charge in [0, 0.05) is 18.1 Å². The molecular weight excluding hydrogens is 294 g/mol. The Bertz CT molecular complexity index is 941. The van der Waals surface area contributed by atoms with E-state index in [-0.39, 0.29) is 5.91 Å². The average Bonchev–Trinajstić information content (AvgIpc) is 3.24. The lowest BCUT2D eigenvalue weighted by Crippen LogP contribution is -2.12. The number of anilines is 1. The van der Waals surface area contributed by atoms with E-state index in [4.69, 9.17) is 0 Å². The largest absolute Gasteiger partial charge is 0.321 e. The maximum atomic E-state index is 12.3. The minimum atomic E-state index is -0.275. The van der Waals surface area contributed by atoms with Crippen LogP contribution in [0.2, 0.25) is 0 Å². The highest BCUT2D eigenvalue weighted by molar-refractivity contribution is 6.03. The minimum absolute atomic E-state index is 0.275. The Morgan fingerprint density at radius 2 is 2.09 bits per heavy atom. The predicted octanol–water partition coefficient (Wildman–Crippen LogP) is 1.56. The summed E-state index contributed by atoms with van der Waals surface area (Å²) in [5, 5.41) is 13.8. The van der Waals surface area contributed by atoms with E-state index < -0.39 is 0 Å². The zero-order valence-electron chi connectivity index (χ0n) is 11.9. The molecule has 0 aliphatic rings. The van der Waals surface area contributed by atoms with Gasteiger partial charge in [-0.25, -0.2) is 9.67 Å². The molecule has 3 heterocycles. The Morgan fingerprint density at radius 1 is 1.13 bits per heavy atom. The van der Waals surface area contributed by atoms with Gasteiger partial charge in [0.25, 0.3) is 5.91 Å². The molecule has 0 atom stereocenters. The van der Waals surface area contributed by atoms with Crippen LogP contribution in [-0.2, 0) is 0 Å². The highest BCUT2D eigenvalue weighted by Crippen LogP contribution is 2.14. The Morgan fingerprint density at radius 3 is 2.91 bits per heavy atom. The van der Waals surface area contributed by atoms with Gasteiger partial charge in [0.2, 0.25) is 0 Å². The second-order valence-corrected chi connectivity index (χ2v) is 4.85. The Labute approximate surface area is 130 Å². The molecular formula is C15H11N7O. The van der Waals surface area contributed by atoms with E-state index in [2.05, 4.69) is 25.8 Å². The van der Waals surface area contributed by atoms with Gasteiger partial charge in [0.05, 0.1) is 5.69 Å². The van der Waals surface area contributed by atoms with Gasteiger partial charge in [-0.3, -0.25) is 4.79 Å². The van der Waals surface area contributed by atoms with Crippen molar-refractivity contribution >= 4 is 17.2 Å². The van der Waals surface area contributed by atoms with E-state index in [9.17, 15) is 4.79 Å². The van der Waals surface area contributed by atoms with Crippen molar-refractivity contribution in [2.24, 2.45) is 0 Å². The van der Waals surface area contributed by atoms with Crippen LogP contribution >= 0.6 is 0 Å². The van der Waals surface area contributed by atoms with Crippen LogP contribution < -0.4 is 5.32 Å². The lowest BCUT2D eigenvalue weighted by molar-refractivity contribution is 0.102. The van der Waals surface area contributed by atoms with Crippen LogP contribution in [0.5, 0.6) is 0 Å². The van der Waals surface area contributed by atoms with Crippen LogP contribution in [0.25, 0.3) is 11.3 Å². The predicted molar refractivity (Wildman–Crippen MR) is 82.3 cm³/mol. The SMILES string of the molecule is O=C(Nc1cccc(-n2cnnn2)c1)c1cn2ccccc2n1. The molecule has 1 amide bonds. The summed E-state index contributed by atoms with van der Waals surface area (Å²) < 4.78 is 3.31. The van der Waals surface area contributed by atoms with Crippen molar-refractivity contribution in [1.82, 2.24) is 29.6 Å². The van der Waals surface area contributed by atoms with Gasteiger partial charge in [-0.15, -0.1) is 5.10 Å². The number of aromatic nitrogens is 6. The van der Waals surface area contributed by atoms with Crippen molar-refractivity contribution in [3.63, 3.8) is 0 Å². The average molecular weight is 305 g/mol. The number of hydrogen-bond donors (Lipinski definition) is 1. The van der Waals surface area contributed by atoms with E-state index in [1.165, 1.54) is 11.0 Å². The summed E-state index contributed by atoms with van der Waals surface area (Å²) >= 11 is 0. The summed E-state index contributed by atoms with van der Waals surface area (Å²) in [6, 6.07) is 12.8. The smallest absolute Gasteiger partial charge is 0.275 e. The second-order valence-electron chi connectivity index (χ2n) is 4.85. The number of benzene rings is 1. The molecule has 1 aromatic carbocycles. The first-order valence-corrected chi connectivity index (χ1v) is 6.88. The summed E-state index contributed by atoms with van der Waals surface area (Å²) in [6.07, 6.45) is 5.02. The number of amides is 1. The molecule has 112 valence electrons. The standard InChI is InChI=1S/C15H11N7O/c23-15(13-9-21-7-2-1-6-14(21)18-13)17-11-4-3-5-12(8-11)22-10-16-19-20-22/h1-10H,(H,17,23). The molecule has 0 aliphatic heterocycles. The quantitative estimate of drug-likeness (QED) is 0.620. The Kier molecular flexibility index (Phi) is 3.05. The lowest BCUT2D eigenvalue weighted by Gasteiger charge is -2.05. The number of imidazole rings is 1. The number of hydrogen-bond acceptors (Lipinski definition) is 5. The third kappa shape index (κ3) is 2.53. The molecule has 0 radical (unpaired) electrons. The normalized spacial score (nSPS) is 10.8. The Hall–Kier alpha value is -3.55. The minimum Gasteiger partial charge on any atom is -0.321 e. The summed E-state index contributed by atoms with van der Waals surface area (Å²) in [6.45, 7) is 0. The highest BCUT2D eigenvalue weighted by Gasteiger charge is 2.11. The molecule has 0 fully saturated rings. The third-order valence-electron chi connectivity index (χ3n) is 3.31. The van der Waals surface area contributed by atoms with Gasteiger partial charge >= 0.3 is 0 Å². The molecule has 0 saturated heterocycles. The molecule has 4 rings (SSSR count). The lowest BCUT2D eigenvalue weighted by atomic mass is 10.2. The van der Waals surface area contributed by atoms with Crippen LogP contribution in [-0.4, -0.2) is 35.5 Å². The number of pyridine rings is 1. The number of carbonyl (C=O) groups is 1. The number of rotatable bonds is 3. The van der Waals surface area contributed by atoms with E-state index >= 15 is 0 Å². The zero-order chi connectivity index (χ0) is 15.6. The van der Waals surface area contributed by atoms with Crippen LogP contribution in [0.3, 0.4) is 0 Å². The third-order valence-corrected chi connectivity index (χ3v) is 3.31. The summed E-state index contributed by atoms with van der Waals surface area (Å²) in [7, 11) is 0. The first kappa shape index (κ1) is 13.1. The van der Waals surface area contributed by atoms with E-state index in [1.54, 1.807) is 22.7 Å². The molecule has 0 aliphatic carbocycles. The topological polar surface area (TPSA) is 90.0 Å². The highest BCUT2D eigenvalue weighted by atomic mass is 16.1. The number of fused-ring (bicyclic) bond motifs is 1. The maximum absolute atomic E-state index is 12.3. The Balaban J connectivity index is 1.60. The molecule has 23 heavy (non-hydrogen) atoms. The van der Waals surface area contributed by atoms with Gasteiger partial charge in [-0.2, -0.15) is 0 Å². The van der Waals surface area contributed by atoms with Gasteiger partial charge in [0.1, 0.15) is 17.7 Å². The fraction of sp³-hybridized carbons (Fsp3) is 0. The summed E-state index contributed by atoms with van der Waals surface area (Å²) in [4.78, 5) is 16.6. The van der Waals surface area contributed by atoms with Gasteiger partial charge in [-0.1, -0.05) is 12.1 Å². The van der Waals surface area contributed by atoms with Crippen LogP contribution in [0.15, 0.2) is 61.2 Å². The first-order chi connectivity index (χ1) is 11.3. The van der Waals surface area contributed by atoms with Crippen molar-refractivity contribution in [1.29, 1.82) is 0 Å². The van der Waals surface area contributed by atoms with Crippen LogP contribution in [0.1, 0.15) is 10.5 Å².